The van der Waals surface area contributed by atoms with Crippen molar-refractivity contribution in [2.24, 2.45) is 0 Å². The molecule has 76 valence electrons. The molecule has 0 aromatic rings. The number of hydrogen-bond donors (Lipinski definition) is 0. The van der Waals surface area contributed by atoms with Gasteiger partial charge in [-0.25, -0.2) is 0 Å². The highest BCUT2D eigenvalue weighted by atomic mass is 16.5. The van der Waals surface area contributed by atoms with Gasteiger partial charge in [0.05, 0.1) is 26.4 Å². The van der Waals surface area contributed by atoms with Crippen molar-refractivity contribution >= 4 is 0 Å². The summed E-state index contributed by atoms with van der Waals surface area (Å²) in [4.78, 5) is 0. The van der Waals surface area contributed by atoms with E-state index in [-0.39, 0.29) is 0 Å². The molecule has 0 N–H and O–H groups in total. The molecule has 0 aliphatic rings. The van der Waals surface area contributed by atoms with Crippen LogP contribution < -0.4 is 0 Å². The molecule has 4 nitrogen and oxygen atoms in total. The number of methoxy groups -OCH3 is 3. The zero-order chi connectivity index (χ0) is 9.66. The van der Waals surface area contributed by atoms with Crippen LogP contribution in [0.1, 0.15) is 0 Å². The van der Waals surface area contributed by atoms with E-state index in [0.717, 1.165) is 0 Å². The summed E-state index contributed by atoms with van der Waals surface area (Å²) >= 11 is 0. The van der Waals surface area contributed by atoms with E-state index < -0.39 is 0 Å². The smallest absolute Gasteiger partial charge is 0.0701 e. The standard InChI is InChI=1S/C6H14O3.C2H6O/c1-7-3-5-9-6-4-8-2;1-3-2/h3-6H2,1-2H3;1-2H3. The van der Waals surface area contributed by atoms with E-state index in [4.69, 9.17) is 14.2 Å². The molecule has 12 heavy (non-hydrogen) atoms. The Hall–Kier alpha value is -0.160. The van der Waals surface area contributed by atoms with Crippen LogP contribution in [0.3, 0.4) is 0 Å². The van der Waals surface area contributed by atoms with Gasteiger partial charge in [0.25, 0.3) is 0 Å². The Bertz CT molecular complexity index is 53.0. The quantitative estimate of drug-likeness (QED) is 0.560. The fourth-order valence-corrected chi connectivity index (χ4v) is 0.387. The normalized spacial score (nSPS) is 9.00. The van der Waals surface area contributed by atoms with Crippen LogP contribution in [0.5, 0.6) is 0 Å². The molecule has 0 saturated carbocycles. The average Bonchev–Trinajstić information content (AvgIpc) is 2.06. The fraction of sp³-hybridized carbons (Fsp3) is 1.00. The van der Waals surface area contributed by atoms with Crippen molar-refractivity contribution in [2.45, 2.75) is 0 Å². The van der Waals surface area contributed by atoms with Crippen molar-refractivity contribution < 1.29 is 18.9 Å². The lowest BCUT2D eigenvalue weighted by Crippen LogP contribution is -2.06. The third-order valence-electron chi connectivity index (χ3n) is 0.864. The number of rotatable bonds is 6. The molecule has 0 bridgehead atoms. The number of hydrogen-bond acceptors (Lipinski definition) is 4. The second kappa shape index (κ2) is 17.1. The van der Waals surface area contributed by atoms with Gasteiger partial charge in [-0.3, -0.25) is 0 Å². The van der Waals surface area contributed by atoms with Gasteiger partial charge < -0.3 is 18.9 Å². The van der Waals surface area contributed by atoms with Crippen molar-refractivity contribution in [3.63, 3.8) is 0 Å². The predicted molar refractivity (Wildman–Crippen MR) is 47.5 cm³/mol. The van der Waals surface area contributed by atoms with Gasteiger partial charge in [-0.1, -0.05) is 0 Å². The number of ether oxygens (including phenoxy) is 4. The Morgan fingerprint density at radius 3 is 1.25 bits per heavy atom. The highest BCUT2D eigenvalue weighted by molar-refractivity contribution is 4.28. The van der Waals surface area contributed by atoms with E-state index in [1.54, 1.807) is 28.4 Å². The van der Waals surface area contributed by atoms with Crippen molar-refractivity contribution in [1.29, 1.82) is 0 Å². The zero-order valence-electron chi connectivity index (χ0n) is 8.46. The Morgan fingerprint density at radius 2 is 1.00 bits per heavy atom. The lowest BCUT2D eigenvalue weighted by molar-refractivity contribution is 0.0385. The summed E-state index contributed by atoms with van der Waals surface area (Å²) in [5.41, 5.74) is 0. The molecular formula is C8H20O4. The van der Waals surface area contributed by atoms with Gasteiger partial charge in [-0.2, -0.15) is 0 Å². The molecule has 0 amide bonds. The third-order valence-corrected chi connectivity index (χ3v) is 0.864. The first-order valence-electron chi connectivity index (χ1n) is 3.79. The van der Waals surface area contributed by atoms with Gasteiger partial charge in [-0.15, -0.1) is 0 Å². The molecule has 0 atom stereocenters. The monoisotopic (exact) mass is 180 g/mol. The van der Waals surface area contributed by atoms with E-state index in [9.17, 15) is 0 Å². The molecule has 0 fully saturated rings. The molecular weight excluding hydrogens is 160 g/mol. The molecule has 0 aliphatic heterocycles. The third kappa shape index (κ3) is 22.5. The van der Waals surface area contributed by atoms with Gasteiger partial charge in [0.1, 0.15) is 0 Å². The largest absolute Gasteiger partial charge is 0.388 e. The summed E-state index contributed by atoms with van der Waals surface area (Å²) in [6, 6.07) is 0. The maximum atomic E-state index is 5.06. The molecule has 0 aromatic heterocycles. The van der Waals surface area contributed by atoms with Crippen molar-refractivity contribution in [2.75, 3.05) is 54.9 Å². The van der Waals surface area contributed by atoms with E-state index in [0.29, 0.717) is 26.4 Å². The lowest BCUT2D eigenvalue weighted by atomic mass is 10.7. The first-order chi connectivity index (χ1) is 5.83. The van der Waals surface area contributed by atoms with Crippen LogP contribution in [0.25, 0.3) is 0 Å². The zero-order valence-corrected chi connectivity index (χ0v) is 8.46. The Labute approximate surface area is 74.8 Å². The second-order valence-electron chi connectivity index (χ2n) is 2.01. The second-order valence-corrected chi connectivity index (χ2v) is 2.01. The van der Waals surface area contributed by atoms with E-state index >= 15 is 0 Å². The minimum absolute atomic E-state index is 0.653. The van der Waals surface area contributed by atoms with Crippen LogP contribution in [0, 0.1) is 0 Å². The molecule has 0 unspecified atom stereocenters. The van der Waals surface area contributed by atoms with E-state index in [2.05, 4.69) is 4.74 Å². The van der Waals surface area contributed by atoms with Gasteiger partial charge in [-0.05, 0) is 0 Å². The molecule has 0 spiro atoms. The maximum absolute atomic E-state index is 5.06. The van der Waals surface area contributed by atoms with Crippen LogP contribution in [0.15, 0.2) is 0 Å². The summed E-state index contributed by atoms with van der Waals surface area (Å²) in [6.07, 6.45) is 0. The Morgan fingerprint density at radius 1 is 0.667 bits per heavy atom. The lowest BCUT2D eigenvalue weighted by Gasteiger charge is -2.00. The topological polar surface area (TPSA) is 36.9 Å². The van der Waals surface area contributed by atoms with Crippen molar-refractivity contribution in [3.8, 4) is 0 Å². The Kier molecular flexibility index (Phi) is 20.4. The highest BCUT2D eigenvalue weighted by Crippen LogP contribution is 1.75. The van der Waals surface area contributed by atoms with E-state index in [1.165, 1.54) is 0 Å². The molecule has 0 heterocycles. The maximum Gasteiger partial charge on any atom is 0.0701 e. The highest BCUT2D eigenvalue weighted by Gasteiger charge is 1.84. The first kappa shape index (κ1) is 14.4. The molecule has 0 aliphatic carbocycles. The van der Waals surface area contributed by atoms with Crippen LogP contribution >= 0.6 is 0 Å². The Balaban J connectivity index is 0. The SMILES string of the molecule is COC.COCCOCCOC. The van der Waals surface area contributed by atoms with Crippen LogP contribution in [-0.4, -0.2) is 54.9 Å². The average molecular weight is 180 g/mol. The minimum atomic E-state index is 0.653. The molecule has 0 radical (unpaired) electrons. The van der Waals surface area contributed by atoms with Gasteiger partial charge in [0, 0.05) is 28.4 Å². The van der Waals surface area contributed by atoms with Crippen LogP contribution in [0.4, 0.5) is 0 Å². The molecule has 0 rings (SSSR count). The fourth-order valence-electron chi connectivity index (χ4n) is 0.387. The molecule has 4 heteroatoms. The minimum Gasteiger partial charge on any atom is -0.388 e. The van der Waals surface area contributed by atoms with Crippen molar-refractivity contribution in [3.05, 3.63) is 0 Å². The van der Waals surface area contributed by atoms with Gasteiger partial charge in [0.2, 0.25) is 0 Å². The summed E-state index contributed by atoms with van der Waals surface area (Å²) < 4.78 is 18.8. The van der Waals surface area contributed by atoms with Crippen molar-refractivity contribution in [1.82, 2.24) is 0 Å². The summed E-state index contributed by atoms with van der Waals surface area (Å²) in [6.45, 7) is 2.62. The summed E-state index contributed by atoms with van der Waals surface area (Å²) in [5, 5.41) is 0. The summed E-state index contributed by atoms with van der Waals surface area (Å²) in [7, 11) is 6.55. The summed E-state index contributed by atoms with van der Waals surface area (Å²) in [5.74, 6) is 0. The molecule has 0 aromatic carbocycles. The van der Waals surface area contributed by atoms with E-state index in [1.807, 2.05) is 0 Å². The van der Waals surface area contributed by atoms with Crippen LogP contribution in [0.2, 0.25) is 0 Å². The predicted octanol–water partition coefficient (Wildman–Crippen LogP) is 0.558. The van der Waals surface area contributed by atoms with Crippen LogP contribution in [-0.2, 0) is 18.9 Å². The first-order valence-corrected chi connectivity index (χ1v) is 3.79. The molecule has 0 saturated heterocycles. The van der Waals surface area contributed by atoms with Gasteiger partial charge in [0.15, 0.2) is 0 Å². The van der Waals surface area contributed by atoms with Gasteiger partial charge >= 0.3 is 0 Å².